The molecular formula is C16H16N2O2S. The van der Waals surface area contributed by atoms with Gasteiger partial charge in [0.15, 0.2) is 10.7 Å². The highest BCUT2D eigenvalue weighted by atomic mass is 32.1. The van der Waals surface area contributed by atoms with Crippen molar-refractivity contribution in [2.75, 3.05) is 6.61 Å². The van der Waals surface area contributed by atoms with Crippen LogP contribution in [0.2, 0.25) is 0 Å². The van der Waals surface area contributed by atoms with Crippen molar-refractivity contribution in [2.45, 2.75) is 19.8 Å². The lowest BCUT2D eigenvalue weighted by Gasteiger charge is -2.06. The maximum absolute atomic E-state index is 12.3. The lowest BCUT2D eigenvalue weighted by molar-refractivity contribution is 0.0991. The third-order valence-electron chi connectivity index (χ3n) is 3.11. The van der Waals surface area contributed by atoms with E-state index in [-0.39, 0.29) is 5.78 Å². The van der Waals surface area contributed by atoms with Crippen molar-refractivity contribution in [3.8, 4) is 5.75 Å². The van der Waals surface area contributed by atoms with E-state index in [2.05, 4.69) is 11.9 Å². The van der Waals surface area contributed by atoms with Crippen molar-refractivity contribution < 1.29 is 9.53 Å². The molecule has 0 fully saturated rings. The summed E-state index contributed by atoms with van der Waals surface area (Å²) in [6, 6.07) is 7.35. The number of ether oxygens (including phenoxy) is 1. The van der Waals surface area contributed by atoms with Gasteiger partial charge >= 0.3 is 0 Å². The average molecular weight is 300 g/mol. The van der Waals surface area contributed by atoms with E-state index >= 15 is 0 Å². The highest BCUT2D eigenvalue weighted by Crippen LogP contribution is 2.17. The predicted octanol–water partition coefficient (Wildman–Crippen LogP) is 3.61. The van der Waals surface area contributed by atoms with Gasteiger partial charge in [0.2, 0.25) is 0 Å². The Morgan fingerprint density at radius 3 is 3.14 bits per heavy atom. The Bertz CT molecular complexity index is 732. The van der Waals surface area contributed by atoms with E-state index in [1.54, 1.807) is 17.4 Å². The van der Waals surface area contributed by atoms with Crippen LogP contribution in [-0.4, -0.2) is 21.8 Å². The minimum Gasteiger partial charge on any atom is -0.494 e. The molecule has 0 saturated carbocycles. The molecule has 2 heterocycles. The van der Waals surface area contributed by atoms with Gasteiger partial charge in [-0.1, -0.05) is 19.1 Å². The van der Waals surface area contributed by atoms with Gasteiger partial charge in [-0.2, -0.15) is 0 Å². The summed E-state index contributed by atoms with van der Waals surface area (Å²) in [5.74, 6) is 0.802. The van der Waals surface area contributed by atoms with E-state index in [9.17, 15) is 4.79 Å². The first-order valence-electron chi connectivity index (χ1n) is 6.93. The van der Waals surface area contributed by atoms with Crippen LogP contribution in [0.5, 0.6) is 5.75 Å². The molecule has 0 N–H and O–H groups in total. The van der Waals surface area contributed by atoms with Crippen LogP contribution in [0.1, 0.15) is 29.4 Å². The molecule has 0 aliphatic rings. The van der Waals surface area contributed by atoms with E-state index in [0.717, 1.165) is 22.8 Å². The number of Topliss-reactive ketones (excluding diaryl/α,β-unsaturated/α-hetero) is 1. The van der Waals surface area contributed by atoms with Crippen molar-refractivity contribution in [3.05, 3.63) is 53.3 Å². The molecule has 0 spiro atoms. The van der Waals surface area contributed by atoms with Gasteiger partial charge in [-0.05, 0) is 18.6 Å². The average Bonchev–Trinajstić information content (AvgIpc) is 3.06. The largest absolute Gasteiger partial charge is 0.494 e. The zero-order valence-electron chi connectivity index (χ0n) is 11.8. The second kappa shape index (κ2) is 6.10. The summed E-state index contributed by atoms with van der Waals surface area (Å²) in [5.41, 5.74) is 1.46. The first-order chi connectivity index (χ1) is 10.3. The van der Waals surface area contributed by atoms with Crippen LogP contribution in [0.15, 0.2) is 42.0 Å². The normalized spacial score (nSPS) is 10.9. The second-order valence-electron chi connectivity index (χ2n) is 4.80. The lowest BCUT2D eigenvalue weighted by atomic mass is 10.1. The van der Waals surface area contributed by atoms with Crippen molar-refractivity contribution in [1.29, 1.82) is 0 Å². The number of rotatable bonds is 6. The van der Waals surface area contributed by atoms with Gasteiger partial charge in [0, 0.05) is 23.3 Å². The molecule has 21 heavy (non-hydrogen) atoms. The number of hydrogen-bond donors (Lipinski definition) is 0. The summed E-state index contributed by atoms with van der Waals surface area (Å²) in [6.45, 7) is 2.72. The fraction of sp³-hybridized carbons (Fsp3) is 0.250. The van der Waals surface area contributed by atoms with Gasteiger partial charge in [-0.15, -0.1) is 11.3 Å². The fourth-order valence-electron chi connectivity index (χ4n) is 2.11. The number of thiazole rings is 1. The van der Waals surface area contributed by atoms with Crippen molar-refractivity contribution in [3.63, 3.8) is 0 Å². The molecular weight excluding hydrogens is 284 g/mol. The number of carbonyl (C=O) groups excluding carboxylic acids is 1. The summed E-state index contributed by atoms with van der Waals surface area (Å²) in [5, 5.41) is 1.97. The molecule has 5 heteroatoms. The molecule has 0 aliphatic carbocycles. The molecule has 0 saturated heterocycles. The Morgan fingerprint density at radius 2 is 2.33 bits per heavy atom. The summed E-state index contributed by atoms with van der Waals surface area (Å²) < 4.78 is 7.50. The molecule has 0 atom stereocenters. The minimum atomic E-state index is 0.0581. The maximum Gasteiger partial charge on any atom is 0.193 e. The number of carbonyl (C=O) groups is 1. The maximum atomic E-state index is 12.3. The van der Waals surface area contributed by atoms with Crippen LogP contribution in [0.4, 0.5) is 0 Å². The van der Waals surface area contributed by atoms with Gasteiger partial charge in [0.1, 0.15) is 5.75 Å². The van der Waals surface area contributed by atoms with Crippen LogP contribution >= 0.6 is 11.3 Å². The van der Waals surface area contributed by atoms with E-state index in [0.29, 0.717) is 18.6 Å². The molecule has 3 aromatic rings. The molecule has 108 valence electrons. The summed E-state index contributed by atoms with van der Waals surface area (Å²) >= 11 is 1.56. The molecule has 0 bridgehead atoms. The molecule has 0 aliphatic heterocycles. The number of benzene rings is 1. The molecule has 0 amide bonds. The second-order valence-corrected chi connectivity index (χ2v) is 5.67. The molecule has 0 radical (unpaired) electrons. The number of aromatic nitrogens is 2. The van der Waals surface area contributed by atoms with Gasteiger partial charge < -0.3 is 4.74 Å². The Morgan fingerprint density at radius 1 is 1.43 bits per heavy atom. The SMILES string of the molecule is CCCOc1cccc(C(=O)Cc2cn3ccsc3n2)c1. The number of nitrogens with zero attached hydrogens (tertiary/aromatic N) is 2. The number of ketones is 1. The van der Waals surface area contributed by atoms with Crippen LogP contribution in [-0.2, 0) is 6.42 Å². The predicted molar refractivity (Wildman–Crippen MR) is 83.3 cm³/mol. The minimum absolute atomic E-state index is 0.0581. The first-order valence-corrected chi connectivity index (χ1v) is 7.81. The zero-order chi connectivity index (χ0) is 14.7. The Labute approximate surface area is 127 Å². The number of imidazole rings is 1. The third kappa shape index (κ3) is 3.13. The van der Waals surface area contributed by atoms with E-state index < -0.39 is 0 Å². The molecule has 2 aromatic heterocycles. The van der Waals surface area contributed by atoms with Crippen LogP contribution in [0.3, 0.4) is 0 Å². The Balaban J connectivity index is 1.73. The van der Waals surface area contributed by atoms with Crippen LogP contribution in [0, 0.1) is 0 Å². The molecule has 0 unspecified atom stereocenters. The van der Waals surface area contributed by atoms with Crippen molar-refractivity contribution in [1.82, 2.24) is 9.38 Å². The van der Waals surface area contributed by atoms with Gasteiger partial charge in [0.05, 0.1) is 18.7 Å². The lowest BCUT2D eigenvalue weighted by Crippen LogP contribution is -2.04. The highest BCUT2D eigenvalue weighted by Gasteiger charge is 2.11. The van der Waals surface area contributed by atoms with E-state index in [1.165, 1.54) is 0 Å². The highest BCUT2D eigenvalue weighted by molar-refractivity contribution is 7.15. The summed E-state index contributed by atoms with van der Waals surface area (Å²) in [7, 11) is 0. The summed E-state index contributed by atoms with van der Waals surface area (Å²) in [4.78, 5) is 17.7. The monoisotopic (exact) mass is 300 g/mol. The van der Waals surface area contributed by atoms with Gasteiger partial charge in [-0.25, -0.2) is 4.98 Å². The topological polar surface area (TPSA) is 43.6 Å². The van der Waals surface area contributed by atoms with Crippen molar-refractivity contribution >= 4 is 22.1 Å². The van der Waals surface area contributed by atoms with Crippen LogP contribution < -0.4 is 4.74 Å². The van der Waals surface area contributed by atoms with Crippen LogP contribution in [0.25, 0.3) is 4.96 Å². The van der Waals surface area contributed by atoms with Crippen molar-refractivity contribution in [2.24, 2.45) is 0 Å². The van der Waals surface area contributed by atoms with Gasteiger partial charge in [-0.3, -0.25) is 9.20 Å². The standard InChI is InChI=1S/C16H16N2O2S/c1-2-7-20-14-5-3-4-12(9-14)15(19)10-13-11-18-6-8-21-16(18)17-13/h3-6,8-9,11H,2,7,10H2,1H3. The summed E-state index contributed by atoms with van der Waals surface area (Å²) in [6.07, 6.45) is 5.11. The Kier molecular flexibility index (Phi) is 4.01. The Hall–Kier alpha value is -2.14. The third-order valence-corrected chi connectivity index (χ3v) is 3.88. The fourth-order valence-corrected chi connectivity index (χ4v) is 2.83. The zero-order valence-corrected chi connectivity index (χ0v) is 12.6. The molecule has 3 rings (SSSR count). The van der Waals surface area contributed by atoms with Gasteiger partial charge in [0.25, 0.3) is 0 Å². The van der Waals surface area contributed by atoms with E-state index in [1.807, 2.05) is 40.4 Å². The number of hydrogen-bond acceptors (Lipinski definition) is 4. The smallest absolute Gasteiger partial charge is 0.193 e. The molecule has 4 nitrogen and oxygen atoms in total. The quantitative estimate of drug-likeness (QED) is 0.653. The molecule has 1 aromatic carbocycles. The first kappa shape index (κ1) is 13.8. The van der Waals surface area contributed by atoms with E-state index in [4.69, 9.17) is 4.74 Å². The number of fused-ring (bicyclic) bond motifs is 1.